The maximum atomic E-state index is 13.1. The molecule has 0 aliphatic carbocycles. The molecule has 0 saturated carbocycles. The molecule has 1 rings (SSSR count). The topological polar surface area (TPSA) is 40.9 Å². The van der Waals surface area contributed by atoms with E-state index >= 15 is 0 Å². The van der Waals surface area contributed by atoms with E-state index < -0.39 is 0 Å². The van der Waals surface area contributed by atoms with Crippen molar-refractivity contribution in [2.75, 3.05) is 0 Å². The highest BCUT2D eigenvalue weighted by molar-refractivity contribution is 6.04. The average molecular weight is 231 g/mol. The number of aryl methyl sites for hydroxylation is 1. The Balaban J connectivity index is 3.12. The number of allylic oxidation sites excluding steroid dienone is 1. The maximum absolute atomic E-state index is 13.1. The molecule has 0 N–H and O–H groups in total. The van der Waals surface area contributed by atoms with Gasteiger partial charge in [0.15, 0.2) is 5.78 Å². The van der Waals surface area contributed by atoms with Crippen LogP contribution in [-0.4, -0.2) is 5.78 Å². The van der Waals surface area contributed by atoms with Gasteiger partial charge in [-0.3, -0.25) is 4.79 Å². The van der Waals surface area contributed by atoms with Crippen LogP contribution in [0.2, 0.25) is 0 Å². The predicted molar refractivity (Wildman–Crippen MR) is 64.6 cm³/mol. The van der Waals surface area contributed by atoms with Crippen molar-refractivity contribution in [2.45, 2.75) is 20.8 Å². The van der Waals surface area contributed by atoms with Crippen molar-refractivity contribution >= 4 is 11.9 Å². The molecule has 17 heavy (non-hydrogen) atoms. The lowest BCUT2D eigenvalue weighted by Gasteiger charge is -2.03. The lowest BCUT2D eigenvalue weighted by molar-refractivity contribution is -0.117. The Morgan fingerprint density at radius 3 is 2.59 bits per heavy atom. The van der Waals surface area contributed by atoms with Crippen LogP contribution in [0, 0.1) is 30.0 Å². The molecule has 1 aromatic rings. The Kier molecular flexibility index (Phi) is 4.17. The first-order valence-electron chi connectivity index (χ1n) is 5.38. The second kappa shape index (κ2) is 5.40. The fraction of sp³-hybridized carbons (Fsp3) is 0.286. The number of nitriles is 1. The van der Waals surface area contributed by atoms with Crippen LogP contribution < -0.4 is 0 Å². The summed E-state index contributed by atoms with van der Waals surface area (Å²) in [4.78, 5) is 11.7. The summed E-state index contributed by atoms with van der Waals surface area (Å²) in [6.45, 7) is 5.12. The third-order valence-electron chi connectivity index (χ3n) is 2.40. The van der Waals surface area contributed by atoms with Crippen molar-refractivity contribution in [3.8, 4) is 6.07 Å². The molecular formula is C14H14FNO. The van der Waals surface area contributed by atoms with Crippen LogP contribution in [-0.2, 0) is 4.79 Å². The highest BCUT2D eigenvalue weighted by Gasteiger charge is 2.13. The number of nitrogens with zero attached hydrogens (tertiary/aromatic N) is 1. The maximum Gasteiger partial charge on any atom is 0.175 e. The third kappa shape index (κ3) is 3.25. The normalized spacial score (nSPS) is 11.4. The van der Waals surface area contributed by atoms with Crippen molar-refractivity contribution in [2.24, 2.45) is 5.92 Å². The summed E-state index contributed by atoms with van der Waals surface area (Å²) in [6, 6.07) is 6.37. The van der Waals surface area contributed by atoms with Crippen molar-refractivity contribution in [1.82, 2.24) is 0 Å². The van der Waals surface area contributed by atoms with Crippen LogP contribution in [0.15, 0.2) is 23.8 Å². The number of carbonyl (C=O) groups is 1. The minimum atomic E-state index is -0.296. The number of hydrogen-bond donors (Lipinski definition) is 0. The highest BCUT2D eigenvalue weighted by Crippen LogP contribution is 2.14. The number of benzene rings is 1. The summed E-state index contributed by atoms with van der Waals surface area (Å²) < 4.78 is 13.1. The van der Waals surface area contributed by atoms with Gasteiger partial charge in [-0.15, -0.1) is 0 Å². The van der Waals surface area contributed by atoms with E-state index in [-0.39, 0.29) is 23.1 Å². The van der Waals surface area contributed by atoms with E-state index in [0.29, 0.717) is 11.1 Å². The Bertz CT molecular complexity index is 509. The molecule has 0 bridgehead atoms. The molecule has 0 radical (unpaired) electrons. The van der Waals surface area contributed by atoms with Gasteiger partial charge in [0.1, 0.15) is 11.9 Å². The number of carbonyl (C=O) groups excluding carboxylic acids is 1. The van der Waals surface area contributed by atoms with Crippen LogP contribution in [0.3, 0.4) is 0 Å². The quantitative estimate of drug-likeness (QED) is 0.591. The minimum Gasteiger partial charge on any atom is -0.293 e. The zero-order valence-corrected chi connectivity index (χ0v) is 10.1. The number of halogens is 1. The number of Topliss-reactive ketones (excluding diaryl/α,β-unsaturated/α-hetero) is 1. The minimum absolute atomic E-state index is 0.103. The van der Waals surface area contributed by atoms with E-state index in [0.717, 1.165) is 0 Å². The summed E-state index contributed by atoms with van der Waals surface area (Å²) in [7, 11) is 0. The molecule has 1 aromatic carbocycles. The Morgan fingerprint density at radius 1 is 1.47 bits per heavy atom. The molecule has 0 atom stereocenters. The van der Waals surface area contributed by atoms with Gasteiger partial charge in [0.05, 0.1) is 5.57 Å². The molecular weight excluding hydrogens is 217 g/mol. The first kappa shape index (κ1) is 13.1. The Morgan fingerprint density at radius 2 is 2.12 bits per heavy atom. The third-order valence-corrected chi connectivity index (χ3v) is 2.40. The summed E-state index contributed by atoms with van der Waals surface area (Å²) in [5.74, 6) is -0.715. The molecule has 0 unspecified atom stereocenters. The second-order valence-corrected chi connectivity index (χ2v) is 4.20. The molecule has 3 heteroatoms. The van der Waals surface area contributed by atoms with Gasteiger partial charge in [0.2, 0.25) is 0 Å². The summed E-state index contributed by atoms with van der Waals surface area (Å²) >= 11 is 0. The largest absolute Gasteiger partial charge is 0.293 e. The standard InChI is InChI=1S/C14H14FNO/c1-9(2)14(17)12(8-16)7-11-4-5-13(15)10(3)6-11/h4-7,9H,1-3H3/b12-7-. The van der Waals surface area contributed by atoms with Gasteiger partial charge in [-0.25, -0.2) is 4.39 Å². The zero-order chi connectivity index (χ0) is 13.0. The van der Waals surface area contributed by atoms with E-state index in [2.05, 4.69) is 0 Å². The highest BCUT2D eigenvalue weighted by atomic mass is 19.1. The van der Waals surface area contributed by atoms with E-state index in [1.807, 2.05) is 6.07 Å². The number of hydrogen-bond acceptors (Lipinski definition) is 2. The molecule has 0 aliphatic heterocycles. The number of rotatable bonds is 3. The SMILES string of the molecule is Cc1cc(/C=C(/C#N)C(=O)C(C)C)ccc1F. The van der Waals surface area contributed by atoms with Crippen molar-refractivity contribution in [3.05, 3.63) is 40.7 Å². The monoisotopic (exact) mass is 231 g/mol. The summed E-state index contributed by atoms with van der Waals surface area (Å²) in [5.41, 5.74) is 1.26. The van der Waals surface area contributed by atoms with Gasteiger partial charge in [0, 0.05) is 5.92 Å². The van der Waals surface area contributed by atoms with Crippen LogP contribution in [0.1, 0.15) is 25.0 Å². The molecule has 0 saturated heterocycles. The lowest BCUT2D eigenvalue weighted by atomic mass is 9.99. The van der Waals surface area contributed by atoms with Gasteiger partial charge in [0.25, 0.3) is 0 Å². The first-order valence-corrected chi connectivity index (χ1v) is 5.38. The van der Waals surface area contributed by atoms with Gasteiger partial charge < -0.3 is 0 Å². The predicted octanol–water partition coefficient (Wildman–Crippen LogP) is 3.27. The van der Waals surface area contributed by atoms with Crippen molar-refractivity contribution < 1.29 is 9.18 Å². The van der Waals surface area contributed by atoms with Gasteiger partial charge in [-0.05, 0) is 36.3 Å². The Labute approximate surface area is 100 Å². The lowest BCUT2D eigenvalue weighted by Crippen LogP contribution is -2.08. The van der Waals surface area contributed by atoms with Crippen LogP contribution >= 0.6 is 0 Å². The molecule has 0 aromatic heterocycles. The van der Waals surface area contributed by atoms with Crippen LogP contribution in [0.4, 0.5) is 4.39 Å². The molecule has 0 heterocycles. The van der Waals surface area contributed by atoms with Crippen molar-refractivity contribution in [1.29, 1.82) is 5.26 Å². The van der Waals surface area contributed by atoms with E-state index in [1.165, 1.54) is 12.1 Å². The fourth-order valence-electron chi connectivity index (χ4n) is 1.39. The fourth-order valence-corrected chi connectivity index (χ4v) is 1.39. The van der Waals surface area contributed by atoms with Crippen LogP contribution in [0.25, 0.3) is 6.08 Å². The van der Waals surface area contributed by atoms with E-state index in [4.69, 9.17) is 5.26 Å². The zero-order valence-electron chi connectivity index (χ0n) is 10.1. The first-order chi connectivity index (χ1) is 7.95. The van der Waals surface area contributed by atoms with Gasteiger partial charge in [-0.2, -0.15) is 5.26 Å². The van der Waals surface area contributed by atoms with Crippen molar-refractivity contribution in [3.63, 3.8) is 0 Å². The Hall–Kier alpha value is -1.95. The average Bonchev–Trinajstić information content (AvgIpc) is 2.29. The van der Waals surface area contributed by atoms with Gasteiger partial charge >= 0.3 is 0 Å². The molecule has 88 valence electrons. The van der Waals surface area contributed by atoms with E-state index in [9.17, 15) is 9.18 Å². The molecule has 2 nitrogen and oxygen atoms in total. The summed E-state index contributed by atoms with van der Waals surface area (Å²) in [5, 5.41) is 8.92. The smallest absolute Gasteiger partial charge is 0.175 e. The second-order valence-electron chi connectivity index (χ2n) is 4.20. The van der Waals surface area contributed by atoms with Gasteiger partial charge in [-0.1, -0.05) is 19.9 Å². The number of ketones is 1. The molecule has 0 spiro atoms. The molecule has 0 amide bonds. The molecule has 0 fully saturated rings. The van der Waals surface area contributed by atoms with E-state index in [1.54, 1.807) is 32.9 Å². The van der Waals surface area contributed by atoms with Crippen LogP contribution in [0.5, 0.6) is 0 Å². The summed E-state index contributed by atoms with van der Waals surface area (Å²) in [6.07, 6.45) is 1.49. The molecule has 0 aliphatic rings.